The number of rotatable bonds is 10. The highest BCUT2D eigenvalue weighted by atomic mass is 16.5. The third-order valence-electron chi connectivity index (χ3n) is 6.51. The van der Waals surface area contributed by atoms with E-state index in [9.17, 15) is 4.79 Å². The largest absolute Gasteiger partial charge is 0.489 e. The summed E-state index contributed by atoms with van der Waals surface area (Å²) < 4.78 is 11.3. The van der Waals surface area contributed by atoms with Crippen molar-refractivity contribution in [2.75, 3.05) is 13.2 Å². The van der Waals surface area contributed by atoms with Gasteiger partial charge in [-0.1, -0.05) is 72.8 Å². The van der Waals surface area contributed by atoms with E-state index in [0.29, 0.717) is 19.6 Å². The molecule has 4 rings (SSSR count). The number of benzene rings is 3. The summed E-state index contributed by atoms with van der Waals surface area (Å²) in [6.45, 7) is 7.77. The zero-order valence-corrected chi connectivity index (χ0v) is 20.8. The molecule has 0 saturated heterocycles. The highest BCUT2D eigenvalue weighted by molar-refractivity contribution is 5.78. The van der Waals surface area contributed by atoms with Crippen LogP contribution in [0, 0.1) is 0 Å². The van der Waals surface area contributed by atoms with Crippen molar-refractivity contribution in [1.29, 1.82) is 0 Å². The third-order valence-corrected chi connectivity index (χ3v) is 6.51. The van der Waals surface area contributed by atoms with Crippen LogP contribution >= 0.6 is 0 Å². The van der Waals surface area contributed by atoms with E-state index in [2.05, 4.69) is 53.4 Å². The molecule has 1 atom stereocenters. The molecule has 3 aromatic rings. The molecule has 1 heterocycles. The average molecular weight is 470 g/mol. The fraction of sp³-hybridized carbons (Fsp3) is 0.323. The normalized spacial score (nSPS) is 14.5. The Morgan fingerprint density at radius 3 is 2.40 bits per heavy atom. The standard InChI is InChI=1S/C31H35NO3/c1-3-5-10-30(31(33)34-4-2)27-15-17-29(18-16-27)35-23-25-13-11-24(12-14-25)21-32-20-19-26-8-6-7-9-28(26)22-32/h3,5-9,11-18,30H,4,10,19-23H2,1-2H3. The second-order valence-corrected chi connectivity index (χ2v) is 9.01. The first-order chi connectivity index (χ1) is 17.2. The van der Waals surface area contributed by atoms with Gasteiger partial charge in [-0.15, -0.1) is 0 Å². The topological polar surface area (TPSA) is 38.8 Å². The number of fused-ring (bicyclic) bond motifs is 1. The van der Waals surface area contributed by atoms with E-state index in [1.54, 1.807) is 0 Å². The van der Waals surface area contributed by atoms with Gasteiger partial charge in [0.25, 0.3) is 0 Å². The molecule has 3 aromatic carbocycles. The minimum Gasteiger partial charge on any atom is -0.489 e. The van der Waals surface area contributed by atoms with Gasteiger partial charge in [0.1, 0.15) is 12.4 Å². The van der Waals surface area contributed by atoms with Gasteiger partial charge >= 0.3 is 5.97 Å². The predicted molar refractivity (Wildman–Crippen MR) is 140 cm³/mol. The van der Waals surface area contributed by atoms with Crippen molar-refractivity contribution in [3.8, 4) is 5.75 Å². The Labute approximate surface area is 209 Å². The second kappa shape index (κ2) is 12.4. The van der Waals surface area contributed by atoms with Crippen LogP contribution in [0.5, 0.6) is 5.75 Å². The van der Waals surface area contributed by atoms with Crippen molar-refractivity contribution in [3.05, 3.63) is 113 Å². The van der Waals surface area contributed by atoms with Crippen molar-refractivity contribution in [1.82, 2.24) is 4.90 Å². The summed E-state index contributed by atoms with van der Waals surface area (Å²) >= 11 is 0. The lowest BCUT2D eigenvalue weighted by molar-refractivity contribution is -0.144. The molecule has 0 saturated carbocycles. The van der Waals surface area contributed by atoms with E-state index >= 15 is 0 Å². The first-order valence-electron chi connectivity index (χ1n) is 12.5. The molecule has 0 spiro atoms. The number of ether oxygens (including phenoxy) is 2. The summed E-state index contributed by atoms with van der Waals surface area (Å²) in [4.78, 5) is 14.9. The fourth-order valence-corrected chi connectivity index (χ4v) is 4.53. The number of hydrogen-bond donors (Lipinski definition) is 0. The van der Waals surface area contributed by atoms with Crippen molar-refractivity contribution >= 4 is 5.97 Å². The maximum atomic E-state index is 12.4. The van der Waals surface area contributed by atoms with Crippen molar-refractivity contribution in [3.63, 3.8) is 0 Å². The van der Waals surface area contributed by atoms with Crippen molar-refractivity contribution < 1.29 is 14.3 Å². The Bertz CT molecular complexity index is 1120. The highest BCUT2D eigenvalue weighted by Gasteiger charge is 2.20. The molecule has 182 valence electrons. The molecule has 1 aliphatic heterocycles. The first kappa shape index (κ1) is 24.7. The van der Waals surface area contributed by atoms with E-state index in [1.165, 1.54) is 16.7 Å². The quantitative estimate of drug-likeness (QED) is 0.253. The van der Waals surface area contributed by atoms with Gasteiger partial charge in [-0.25, -0.2) is 0 Å². The summed E-state index contributed by atoms with van der Waals surface area (Å²) in [5.74, 6) is 0.313. The highest BCUT2D eigenvalue weighted by Crippen LogP contribution is 2.25. The number of carbonyl (C=O) groups is 1. The van der Waals surface area contributed by atoms with Crippen molar-refractivity contribution in [2.24, 2.45) is 0 Å². The molecule has 0 radical (unpaired) electrons. The molecule has 0 N–H and O–H groups in total. The summed E-state index contributed by atoms with van der Waals surface area (Å²) in [7, 11) is 0. The van der Waals surface area contributed by atoms with Crippen molar-refractivity contribution in [2.45, 2.75) is 52.3 Å². The van der Waals surface area contributed by atoms with E-state index < -0.39 is 0 Å². The van der Waals surface area contributed by atoms with Crippen LogP contribution in [0.15, 0.2) is 84.9 Å². The molecule has 1 unspecified atom stereocenters. The van der Waals surface area contributed by atoms with E-state index in [-0.39, 0.29) is 11.9 Å². The Morgan fingerprint density at radius 2 is 1.69 bits per heavy atom. The summed E-state index contributed by atoms with van der Waals surface area (Å²) in [6.07, 6.45) is 5.71. The third kappa shape index (κ3) is 6.83. The molecule has 35 heavy (non-hydrogen) atoms. The molecule has 0 fully saturated rings. The average Bonchev–Trinajstić information content (AvgIpc) is 2.89. The number of esters is 1. The molecule has 0 bridgehead atoms. The van der Waals surface area contributed by atoms with E-state index in [0.717, 1.165) is 42.9 Å². The number of carbonyl (C=O) groups excluding carboxylic acids is 1. The van der Waals surface area contributed by atoms with Crippen LogP contribution in [0.2, 0.25) is 0 Å². The first-order valence-corrected chi connectivity index (χ1v) is 12.5. The molecular weight excluding hydrogens is 434 g/mol. The van der Waals surface area contributed by atoms with Gasteiger partial charge in [-0.05, 0) is 66.6 Å². The fourth-order valence-electron chi connectivity index (χ4n) is 4.53. The van der Waals surface area contributed by atoms with Gasteiger partial charge in [0.05, 0.1) is 12.5 Å². The lowest BCUT2D eigenvalue weighted by Crippen LogP contribution is -2.29. The van der Waals surface area contributed by atoms with Crippen LogP contribution in [0.3, 0.4) is 0 Å². The predicted octanol–water partition coefficient (Wildman–Crippen LogP) is 6.44. The smallest absolute Gasteiger partial charge is 0.313 e. The van der Waals surface area contributed by atoms with Crippen LogP contribution in [0.1, 0.15) is 54.0 Å². The lowest BCUT2D eigenvalue weighted by atomic mass is 9.95. The monoisotopic (exact) mass is 469 g/mol. The van der Waals surface area contributed by atoms with Gasteiger partial charge in [-0.3, -0.25) is 9.69 Å². The van der Waals surface area contributed by atoms with Crippen LogP contribution in [0.25, 0.3) is 0 Å². The maximum Gasteiger partial charge on any atom is 0.313 e. The Kier molecular flexibility index (Phi) is 8.74. The summed E-state index contributed by atoms with van der Waals surface area (Å²) in [6, 6.07) is 25.2. The molecule has 0 amide bonds. The zero-order valence-electron chi connectivity index (χ0n) is 20.8. The van der Waals surface area contributed by atoms with Gasteiger partial charge in [0, 0.05) is 19.6 Å². The van der Waals surface area contributed by atoms with Crippen LogP contribution in [-0.4, -0.2) is 24.0 Å². The van der Waals surface area contributed by atoms with E-state index in [4.69, 9.17) is 9.47 Å². The molecule has 4 nitrogen and oxygen atoms in total. The lowest BCUT2D eigenvalue weighted by Gasteiger charge is -2.28. The van der Waals surface area contributed by atoms with Gasteiger partial charge in [-0.2, -0.15) is 0 Å². The minimum atomic E-state index is -0.291. The van der Waals surface area contributed by atoms with Gasteiger partial charge in [0.2, 0.25) is 0 Å². The summed E-state index contributed by atoms with van der Waals surface area (Å²) in [5.41, 5.74) is 6.34. The minimum absolute atomic E-state index is 0.187. The summed E-state index contributed by atoms with van der Waals surface area (Å²) in [5, 5.41) is 0. The van der Waals surface area contributed by atoms with Gasteiger partial charge < -0.3 is 9.47 Å². The number of allylic oxidation sites excluding steroid dienone is 2. The Balaban J connectivity index is 1.30. The van der Waals surface area contributed by atoms with Crippen LogP contribution < -0.4 is 4.74 Å². The van der Waals surface area contributed by atoms with Gasteiger partial charge in [0.15, 0.2) is 0 Å². The number of hydrogen-bond acceptors (Lipinski definition) is 4. The zero-order chi connectivity index (χ0) is 24.5. The molecule has 0 aromatic heterocycles. The molecular formula is C31H35NO3. The Morgan fingerprint density at radius 1 is 0.971 bits per heavy atom. The molecule has 4 heteroatoms. The second-order valence-electron chi connectivity index (χ2n) is 9.01. The Hall–Kier alpha value is -3.37. The maximum absolute atomic E-state index is 12.4. The molecule has 0 aliphatic carbocycles. The SMILES string of the molecule is CC=CCC(C(=O)OCC)c1ccc(OCc2ccc(CN3CCc4ccccc4C3)cc2)cc1. The van der Waals surface area contributed by atoms with Crippen LogP contribution in [-0.2, 0) is 35.6 Å². The van der Waals surface area contributed by atoms with Crippen LogP contribution in [0.4, 0.5) is 0 Å². The molecule has 1 aliphatic rings. The van der Waals surface area contributed by atoms with E-state index in [1.807, 2.05) is 50.3 Å². The number of nitrogens with zero attached hydrogens (tertiary/aromatic N) is 1.